The molecule has 0 aliphatic rings. The maximum absolute atomic E-state index is 12.3. The first-order chi connectivity index (χ1) is 18.2. The number of hydrogen-bond acceptors (Lipinski definition) is 5. The molecule has 0 spiro atoms. The van der Waals surface area contributed by atoms with E-state index in [4.69, 9.17) is 9.47 Å². The summed E-state index contributed by atoms with van der Waals surface area (Å²) >= 11 is 0. The maximum Gasteiger partial charge on any atom is 0.338 e. The van der Waals surface area contributed by atoms with Crippen LogP contribution in [-0.2, 0) is 4.74 Å². The first kappa shape index (κ1) is 30.8. The summed E-state index contributed by atoms with van der Waals surface area (Å²) in [6.45, 7) is 5.68. The monoisotopic (exact) mass is 510 g/mol. The molecule has 0 unspecified atom stereocenters. The number of aromatic nitrogens is 2. The highest BCUT2D eigenvalue weighted by atomic mass is 16.5. The summed E-state index contributed by atoms with van der Waals surface area (Å²) in [5.41, 5.74) is 1.42. The van der Waals surface area contributed by atoms with E-state index in [-0.39, 0.29) is 5.97 Å². The number of ether oxygens (including phenoxy) is 2. The van der Waals surface area contributed by atoms with Gasteiger partial charge in [0.05, 0.1) is 31.2 Å². The van der Waals surface area contributed by atoms with Crippen molar-refractivity contribution in [2.75, 3.05) is 13.2 Å². The second kappa shape index (κ2) is 20.6. The minimum Gasteiger partial charge on any atom is -0.490 e. The second-order valence-electron chi connectivity index (χ2n) is 10.1. The van der Waals surface area contributed by atoms with Gasteiger partial charge in [0.25, 0.3) is 0 Å². The van der Waals surface area contributed by atoms with E-state index in [0.29, 0.717) is 30.4 Å². The minimum absolute atomic E-state index is 0.269. The Morgan fingerprint density at radius 2 is 1.08 bits per heavy atom. The van der Waals surface area contributed by atoms with Crippen LogP contribution in [-0.4, -0.2) is 29.2 Å². The van der Waals surface area contributed by atoms with Gasteiger partial charge >= 0.3 is 5.97 Å². The molecule has 1 aromatic heterocycles. The normalized spacial score (nSPS) is 11.0. The molecule has 2 rings (SSSR count). The molecule has 0 amide bonds. The number of rotatable bonds is 22. The summed E-state index contributed by atoms with van der Waals surface area (Å²) in [6.07, 6.45) is 25.0. The van der Waals surface area contributed by atoms with E-state index in [1.54, 1.807) is 24.5 Å². The lowest BCUT2D eigenvalue weighted by molar-refractivity contribution is 0.0497. The molecule has 0 aliphatic heterocycles. The van der Waals surface area contributed by atoms with Crippen LogP contribution in [0.15, 0.2) is 36.7 Å². The van der Waals surface area contributed by atoms with Crippen molar-refractivity contribution in [1.82, 2.24) is 9.97 Å². The Morgan fingerprint density at radius 1 is 0.622 bits per heavy atom. The highest BCUT2D eigenvalue weighted by Crippen LogP contribution is 2.18. The fourth-order valence-electron chi connectivity index (χ4n) is 4.38. The van der Waals surface area contributed by atoms with Gasteiger partial charge in [0.15, 0.2) is 11.6 Å². The molecule has 0 fully saturated rings. The van der Waals surface area contributed by atoms with Crippen molar-refractivity contribution >= 4 is 5.97 Å². The van der Waals surface area contributed by atoms with Gasteiger partial charge in [-0.2, -0.15) is 0 Å². The average Bonchev–Trinajstić information content (AvgIpc) is 2.93. The zero-order chi connectivity index (χ0) is 26.4. The SMILES string of the molecule is CCCCCCCCCCCCOc1cnc(-c2ccc(C(=O)OCCCCCCCCC)cc2)nc1. The van der Waals surface area contributed by atoms with E-state index in [0.717, 1.165) is 24.8 Å². The number of unbranched alkanes of at least 4 members (excludes halogenated alkanes) is 15. The second-order valence-corrected chi connectivity index (χ2v) is 10.1. The van der Waals surface area contributed by atoms with Crippen LogP contribution in [0.2, 0.25) is 0 Å². The zero-order valence-corrected chi connectivity index (χ0v) is 23.5. The lowest BCUT2D eigenvalue weighted by Crippen LogP contribution is -2.06. The van der Waals surface area contributed by atoms with E-state index in [1.165, 1.54) is 89.9 Å². The van der Waals surface area contributed by atoms with Crippen molar-refractivity contribution in [3.05, 3.63) is 42.2 Å². The van der Waals surface area contributed by atoms with Gasteiger partial charge in [-0.05, 0) is 25.0 Å². The molecule has 1 aromatic carbocycles. The van der Waals surface area contributed by atoms with E-state index in [2.05, 4.69) is 23.8 Å². The predicted molar refractivity (Wildman–Crippen MR) is 153 cm³/mol. The Hall–Kier alpha value is -2.43. The number of benzene rings is 1. The highest BCUT2D eigenvalue weighted by Gasteiger charge is 2.09. The van der Waals surface area contributed by atoms with Crippen LogP contribution in [0.25, 0.3) is 11.4 Å². The van der Waals surface area contributed by atoms with Crippen molar-refractivity contribution in [2.45, 2.75) is 123 Å². The Kier molecular flexibility index (Phi) is 17.1. The third kappa shape index (κ3) is 14.2. The molecule has 0 saturated heterocycles. The van der Waals surface area contributed by atoms with Gasteiger partial charge in [0, 0.05) is 5.56 Å². The Morgan fingerprint density at radius 3 is 1.59 bits per heavy atom. The van der Waals surface area contributed by atoms with E-state index >= 15 is 0 Å². The third-order valence-corrected chi connectivity index (χ3v) is 6.75. The molecule has 5 nitrogen and oxygen atoms in total. The quantitative estimate of drug-likeness (QED) is 0.117. The molecule has 1 heterocycles. The van der Waals surface area contributed by atoms with Crippen molar-refractivity contribution in [2.24, 2.45) is 0 Å². The van der Waals surface area contributed by atoms with Gasteiger partial charge in [-0.15, -0.1) is 0 Å². The van der Waals surface area contributed by atoms with E-state index in [1.807, 2.05) is 12.1 Å². The summed E-state index contributed by atoms with van der Waals surface area (Å²) in [5, 5.41) is 0. The molecular formula is C32H50N2O3. The van der Waals surface area contributed by atoms with Gasteiger partial charge in [0.1, 0.15) is 0 Å². The number of nitrogens with zero attached hydrogens (tertiary/aromatic N) is 2. The highest BCUT2D eigenvalue weighted by molar-refractivity contribution is 5.89. The van der Waals surface area contributed by atoms with Crippen LogP contribution >= 0.6 is 0 Å². The number of hydrogen-bond donors (Lipinski definition) is 0. The van der Waals surface area contributed by atoms with Crippen molar-refractivity contribution in [3.8, 4) is 17.1 Å². The topological polar surface area (TPSA) is 61.3 Å². The minimum atomic E-state index is -0.269. The van der Waals surface area contributed by atoms with Gasteiger partial charge in [-0.25, -0.2) is 14.8 Å². The number of esters is 1. The molecular weight excluding hydrogens is 460 g/mol. The summed E-state index contributed by atoms with van der Waals surface area (Å²) < 4.78 is 11.2. The zero-order valence-electron chi connectivity index (χ0n) is 23.5. The number of carbonyl (C=O) groups is 1. The predicted octanol–water partition coefficient (Wildman–Crippen LogP) is 9.35. The fraction of sp³-hybridized carbons (Fsp3) is 0.656. The average molecular weight is 511 g/mol. The maximum atomic E-state index is 12.3. The first-order valence-electron chi connectivity index (χ1n) is 15.0. The summed E-state index contributed by atoms with van der Waals surface area (Å²) in [6, 6.07) is 7.29. The Balaban J connectivity index is 1.59. The van der Waals surface area contributed by atoms with Gasteiger partial charge in [-0.3, -0.25) is 0 Å². The standard InChI is InChI=1S/C32H50N2O3/c1-3-5-7-9-11-12-13-15-16-18-24-36-30-26-33-31(34-27-30)28-20-22-29(23-21-28)32(35)37-25-19-17-14-10-8-6-4-2/h20-23,26-27H,3-19,24-25H2,1-2H3. The largest absolute Gasteiger partial charge is 0.490 e. The third-order valence-electron chi connectivity index (χ3n) is 6.75. The summed E-state index contributed by atoms with van der Waals surface area (Å²) in [4.78, 5) is 21.2. The van der Waals surface area contributed by atoms with Crippen molar-refractivity contribution in [1.29, 1.82) is 0 Å². The van der Waals surface area contributed by atoms with Crippen LogP contribution in [0.3, 0.4) is 0 Å². The molecule has 206 valence electrons. The molecule has 37 heavy (non-hydrogen) atoms. The van der Waals surface area contributed by atoms with Crippen LogP contribution in [0.4, 0.5) is 0 Å². The van der Waals surface area contributed by atoms with E-state index in [9.17, 15) is 4.79 Å². The van der Waals surface area contributed by atoms with Crippen LogP contribution in [0.1, 0.15) is 133 Å². The lowest BCUT2D eigenvalue weighted by atomic mass is 10.1. The molecule has 0 atom stereocenters. The molecule has 0 radical (unpaired) electrons. The Bertz CT molecular complexity index is 821. The Labute approximate surface area is 225 Å². The van der Waals surface area contributed by atoms with Gasteiger partial charge in [-0.1, -0.05) is 122 Å². The molecule has 0 bridgehead atoms. The molecule has 0 N–H and O–H groups in total. The van der Waals surface area contributed by atoms with Crippen molar-refractivity contribution in [3.63, 3.8) is 0 Å². The van der Waals surface area contributed by atoms with Crippen molar-refractivity contribution < 1.29 is 14.3 Å². The molecule has 2 aromatic rings. The fourth-order valence-corrected chi connectivity index (χ4v) is 4.38. The van der Waals surface area contributed by atoms with Crippen LogP contribution < -0.4 is 4.74 Å². The molecule has 5 heteroatoms. The summed E-state index contributed by atoms with van der Waals surface area (Å²) in [7, 11) is 0. The molecule has 0 aliphatic carbocycles. The van der Waals surface area contributed by atoms with Crippen LogP contribution in [0.5, 0.6) is 5.75 Å². The van der Waals surface area contributed by atoms with E-state index < -0.39 is 0 Å². The lowest BCUT2D eigenvalue weighted by Gasteiger charge is -2.07. The smallest absolute Gasteiger partial charge is 0.338 e. The van der Waals surface area contributed by atoms with Gasteiger partial charge < -0.3 is 9.47 Å². The van der Waals surface area contributed by atoms with Crippen LogP contribution in [0, 0.1) is 0 Å². The molecule has 0 saturated carbocycles. The number of carbonyl (C=O) groups excluding carboxylic acids is 1. The summed E-state index contributed by atoms with van der Waals surface area (Å²) in [5.74, 6) is 1.05. The van der Waals surface area contributed by atoms with Gasteiger partial charge in [0.2, 0.25) is 0 Å². The first-order valence-corrected chi connectivity index (χ1v) is 15.0.